The molecule has 2 heterocycles. The smallest absolute Gasteiger partial charge is 0.340 e. The van der Waals surface area contributed by atoms with Crippen molar-refractivity contribution in [1.29, 1.82) is 0 Å². The van der Waals surface area contributed by atoms with Crippen molar-refractivity contribution in [3.8, 4) is 11.5 Å². The van der Waals surface area contributed by atoms with Crippen LogP contribution in [0.25, 0.3) is 0 Å². The number of benzene rings is 1. The minimum absolute atomic E-state index is 0.0606. The van der Waals surface area contributed by atoms with Crippen molar-refractivity contribution in [2.24, 2.45) is 5.92 Å². The van der Waals surface area contributed by atoms with E-state index in [1.54, 1.807) is 29.6 Å². The number of thiophene rings is 1. The summed E-state index contributed by atoms with van der Waals surface area (Å²) in [6, 6.07) is 6.73. The molecule has 1 unspecified atom stereocenters. The van der Waals surface area contributed by atoms with E-state index in [2.05, 4.69) is 5.32 Å². The second kappa shape index (κ2) is 8.30. The number of amides is 2. The molecule has 1 aliphatic heterocycles. The first-order valence-corrected chi connectivity index (χ1v) is 9.35. The molecule has 1 aromatic carbocycles. The molecule has 1 aromatic heterocycles. The molecule has 3 rings (SSSR count). The van der Waals surface area contributed by atoms with E-state index in [0.717, 1.165) is 0 Å². The highest BCUT2D eigenvalue weighted by Crippen LogP contribution is 2.36. The minimum Gasteiger partial charge on any atom is -0.497 e. The van der Waals surface area contributed by atoms with Crippen LogP contribution in [0.4, 0.5) is 10.7 Å². The highest BCUT2D eigenvalue weighted by molar-refractivity contribution is 7.14. The van der Waals surface area contributed by atoms with Crippen LogP contribution >= 0.6 is 11.3 Å². The van der Waals surface area contributed by atoms with Crippen molar-refractivity contribution >= 4 is 39.8 Å². The van der Waals surface area contributed by atoms with Crippen LogP contribution in [0.1, 0.15) is 16.8 Å². The Morgan fingerprint density at radius 2 is 1.96 bits per heavy atom. The quantitative estimate of drug-likeness (QED) is 0.744. The summed E-state index contributed by atoms with van der Waals surface area (Å²) in [7, 11) is 4.33. The molecule has 2 aromatic rings. The lowest BCUT2D eigenvalue weighted by Gasteiger charge is -2.20. The summed E-state index contributed by atoms with van der Waals surface area (Å²) in [6.07, 6.45) is 0.0606. The molecule has 148 valence electrons. The first-order chi connectivity index (χ1) is 13.5. The van der Waals surface area contributed by atoms with E-state index in [9.17, 15) is 14.4 Å². The second-order valence-electron chi connectivity index (χ2n) is 6.09. The van der Waals surface area contributed by atoms with Crippen molar-refractivity contribution in [2.75, 3.05) is 38.1 Å². The number of nitrogens with one attached hydrogen (secondary N) is 1. The molecule has 28 heavy (non-hydrogen) atoms. The molecule has 9 heteroatoms. The Kier molecular flexibility index (Phi) is 5.84. The van der Waals surface area contributed by atoms with Gasteiger partial charge in [0.15, 0.2) is 0 Å². The van der Waals surface area contributed by atoms with Crippen LogP contribution in [-0.4, -0.2) is 45.7 Å². The third-order valence-electron chi connectivity index (χ3n) is 4.48. The lowest BCUT2D eigenvalue weighted by atomic mass is 10.1. The largest absolute Gasteiger partial charge is 0.497 e. The molecule has 0 aliphatic carbocycles. The van der Waals surface area contributed by atoms with Gasteiger partial charge < -0.3 is 24.4 Å². The summed E-state index contributed by atoms with van der Waals surface area (Å²) in [5, 5.41) is 4.83. The zero-order valence-corrected chi connectivity index (χ0v) is 16.5. The highest BCUT2D eigenvalue weighted by Gasteiger charge is 2.37. The number of carbonyl (C=O) groups excluding carboxylic acids is 3. The number of hydrogen-bond acceptors (Lipinski definition) is 7. The van der Waals surface area contributed by atoms with Gasteiger partial charge in [-0.2, -0.15) is 0 Å². The molecule has 2 amide bonds. The number of nitrogens with zero attached hydrogens (tertiary/aromatic N) is 1. The third kappa shape index (κ3) is 3.79. The van der Waals surface area contributed by atoms with E-state index in [1.165, 1.54) is 37.6 Å². The van der Waals surface area contributed by atoms with Crippen LogP contribution in [0.3, 0.4) is 0 Å². The van der Waals surface area contributed by atoms with Gasteiger partial charge in [-0.1, -0.05) is 0 Å². The predicted molar refractivity (Wildman–Crippen MR) is 104 cm³/mol. The molecule has 1 fully saturated rings. The molecule has 0 bridgehead atoms. The molecule has 1 aliphatic rings. The van der Waals surface area contributed by atoms with Crippen LogP contribution in [0, 0.1) is 5.92 Å². The molecule has 1 atom stereocenters. The molecule has 0 spiro atoms. The maximum absolute atomic E-state index is 12.7. The summed E-state index contributed by atoms with van der Waals surface area (Å²) < 4.78 is 15.3. The van der Waals surface area contributed by atoms with E-state index >= 15 is 0 Å². The van der Waals surface area contributed by atoms with Crippen LogP contribution < -0.4 is 19.7 Å². The standard InChI is InChI=1S/C19H20N2O6S/c1-25-12-4-5-15(26-2)14(9-12)21-10-11(8-16(21)22)17(23)20-18-13(6-7-28-18)19(24)27-3/h4-7,9,11H,8,10H2,1-3H3,(H,20,23). The van der Waals surface area contributed by atoms with Crippen molar-refractivity contribution in [1.82, 2.24) is 0 Å². The zero-order valence-electron chi connectivity index (χ0n) is 15.7. The Labute approximate surface area is 166 Å². The first-order valence-electron chi connectivity index (χ1n) is 8.47. The number of ether oxygens (including phenoxy) is 3. The topological polar surface area (TPSA) is 94.2 Å². The van der Waals surface area contributed by atoms with E-state index < -0.39 is 11.9 Å². The fraction of sp³-hybridized carbons (Fsp3) is 0.316. The number of hydrogen-bond donors (Lipinski definition) is 1. The second-order valence-corrected chi connectivity index (χ2v) is 7.00. The predicted octanol–water partition coefficient (Wildman–Crippen LogP) is 2.54. The number of rotatable bonds is 6. The summed E-state index contributed by atoms with van der Waals surface area (Å²) >= 11 is 1.22. The van der Waals surface area contributed by atoms with Crippen molar-refractivity contribution < 1.29 is 28.6 Å². The Hall–Kier alpha value is -3.07. The van der Waals surface area contributed by atoms with Crippen LogP contribution in [0.2, 0.25) is 0 Å². The van der Waals surface area contributed by atoms with Gasteiger partial charge >= 0.3 is 5.97 Å². The van der Waals surface area contributed by atoms with E-state index in [-0.39, 0.29) is 30.3 Å². The van der Waals surface area contributed by atoms with Crippen LogP contribution in [0.5, 0.6) is 11.5 Å². The van der Waals surface area contributed by atoms with Crippen molar-refractivity contribution in [2.45, 2.75) is 6.42 Å². The minimum atomic E-state index is -0.559. The van der Waals surface area contributed by atoms with E-state index in [4.69, 9.17) is 14.2 Å². The van der Waals surface area contributed by atoms with E-state index in [1.807, 2.05) is 0 Å². The molecular formula is C19H20N2O6S. The van der Waals surface area contributed by atoms with Gasteiger partial charge in [-0.3, -0.25) is 9.59 Å². The van der Waals surface area contributed by atoms with Crippen LogP contribution in [-0.2, 0) is 14.3 Å². The lowest BCUT2D eigenvalue weighted by molar-refractivity contribution is -0.122. The Balaban J connectivity index is 1.77. The average Bonchev–Trinajstić information content (AvgIpc) is 3.33. The molecule has 0 saturated carbocycles. The average molecular weight is 404 g/mol. The Bertz CT molecular complexity index is 910. The number of methoxy groups -OCH3 is 3. The summed E-state index contributed by atoms with van der Waals surface area (Å²) in [5.41, 5.74) is 0.838. The molecular weight excluding hydrogens is 384 g/mol. The molecule has 1 saturated heterocycles. The first kappa shape index (κ1) is 19.7. The van der Waals surface area contributed by atoms with Gasteiger partial charge in [0.25, 0.3) is 0 Å². The van der Waals surface area contributed by atoms with E-state index in [0.29, 0.717) is 22.2 Å². The normalized spacial score (nSPS) is 16.0. The number of anilines is 2. The fourth-order valence-electron chi connectivity index (χ4n) is 3.01. The lowest BCUT2D eigenvalue weighted by Crippen LogP contribution is -2.28. The number of carbonyl (C=O) groups is 3. The Morgan fingerprint density at radius 1 is 1.18 bits per heavy atom. The highest BCUT2D eigenvalue weighted by atomic mass is 32.1. The van der Waals surface area contributed by atoms with Gasteiger partial charge in [-0.05, 0) is 23.6 Å². The number of esters is 1. The van der Waals surface area contributed by atoms with Gasteiger partial charge in [-0.25, -0.2) is 4.79 Å². The Morgan fingerprint density at radius 3 is 2.64 bits per heavy atom. The third-order valence-corrected chi connectivity index (χ3v) is 5.31. The maximum atomic E-state index is 12.7. The summed E-state index contributed by atoms with van der Waals surface area (Å²) in [5.74, 6) is -0.506. The van der Waals surface area contributed by atoms with Gasteiger partial charge in [0.05, 0.1) is 38.5 Å². The summed E-state index contributed by atoms with van der Waals surface area (Å²) in [4.78, 5) is 38.5. The molecule has 0 radical (unpaired) electrons. The fourth-order valence-corrected chi connectivity index (χ4v) is 3.79. The molecule has 8 nitrogen and oxygen atoms in total. The van der Waals surface area contributed by atoms with Crippen molar-refractivity contribution in [3.05, 3.63) is 35.2 Å². The van der Waals surface area contributed by atoms with Crippen molar-refractivity contribution in [3.63, 3.8) is 0 Å². The SMILES string of the molecule is COC(=O)c1ccsc1NC(=O)C1CC(=O)N(c2cc(OC)ccc2OC)C1. The van der Waals surface area contributed by atoms with Gasteiger partial charge in [0, 0.05) is 19.0 Å². The van der Waals surface area contributed by atoms with Crippen LogP contribution in [0.15, 0.2) is 29.6 Å². The van der Waals surface area contributed by atoms with Gasteiger partial charge in [0.2, 0.25) is 11.8 Å². The maximum Gasteiger partial charge on any atom is 0.340 e. The monoisotopic (exact) mass is 404 g/mol. The van der Waals surface area contributed by atoms with Gasteiger partial charge in [-0.15, -0.1) is 11.3 Å². The zero-order chi connectivity index (χ0) is 20.3. The summed E-state index contributed by atoms with van der Waals surface area (Å²) in [6.45, 7) is 0.202. The molecule has 1 N–H and O–H groups in total. The van der Waals surface area contributed by atoms with Gasteiger partial charge in [0.1, 0.15) is 16.5 Å².